The second-order valence-electron chi connectivity index (χ2n) is 6.20. The number of hydrogen-bond donors (Lipinski definition) is 0. The summed E-state index contributed by atoms with van der Waals surface area (Å²) in [6, 6.07) is 0. The predicted molar refractivity (Wildman–Crippen MR) is 87.7 cm³/mol. The highest BCUT2D eigenvalue weighted by molar-refractivity contribution is 5.30. The Hall–Kier alpha value is -1.91. The van der Waals surface area contributed by atoms with Crippen molar-refractivity contribution < 1.29 is 0 Å². The molecule has 2 aromatic heterocycles. The van der Waals surface area contributed by atoms with Crippen molar-refractivity contribution in [2.45, 2.75) is 52.6 Å². The van der Waals surface area contributed by atoms with Crippen LogP contribution in [0.3, 0.4) is 0 Å². The van der Waals surface area contributed by atoms with E-state index in [1.165, 1.54) is 25.7 Å². The standard InChI is InChI=1S/C17H25N5/c1-3-21-10-8-18-16(21)13-22(9-7-15-5-4-6-15)17-19-11-14(2)12-20-17/h8,10-12,15H,3-7,9,13H2,1-2H3. The van der Waals surface area contributed by atoms with Crippen LogP contribution in [0.4, 0.5) is 5.95 Å². The van der Waals surface area contributed by atoms with Crippen molar-refractivity contribution in [1.29, 1.82) is 0 Å². The third-order valence-corrected chi connectivity index (χ3v) is 4.56. The monoisotopic (exact) mass is 299 g/mol. The van der Waals surface area contributed by atoms with Gasteiger partial charge in [-0.15, -0.1) is 0 Å². The number of aromatic nitrogens is 4. The molecule has 0 atom stereocenters. The van der Waals surface area contributed by atoms with Crippen molar-refractivity contribution in [2.24, 2.45) is 5.92 Å². The molecular formula is C17H25N5. The van der Waals surface area contributed by atoms with Gasteiger partial charge in [0.25, 0.3) is 0 Å². The zero-order valence-electron chi connectivity index (χ0n) is 13.6. The molecule has 0 amide bonds. The van der Waals surface area contributed by atoms with Crippen molar-refractivity contribution in [1.82, 2.24) is 19.5 Å². The van der Waals surface area contributed by atoms with Crippen LogP contribution in [0.15, 0.2) is 24.8 Å². The maximum absolute atomic E-state index is 4.51. The molecule has 1 saturated carbocycles. The number of hydrogen-bond acceptors (Lipinski definition) is 4. The number of aryl methyl sites for hydroxylation is 2. The molecule has 118 valence electrons. The van der Waals surface area contributed by atoms with E-state index in [9.17, 15) is 0 Å². The van der Waals surface area contributed by atoms with Crippen molar-refractivity contribution >= 4 is 5.95 Å². The summed E-state index contributed by atoms with van der Waals surface area (Å²) < 4.78 is 2.19. The summed E-state index contributed by atoms with van der Waals surface area (Å²) in [6.45, 7) is 6.89. The lowest BCUT2D eigenvalue weighted by Crippen LogP contribution is -2.30. The van der Waals surface area contributed by atoms with E-state index in [4.69, 9.17) is 0 Å². The molecule has 2 heterocycles. The Bertz CT molecular complexity index is 585. The maximum atomic E-state index is 4.51. The molecule has 0 aliphatic heterocycles. The third-order valence-electron chi connectivity index (χ3n) is 4.56. The molecular weight excluding hydrogens is 274 g/mol. The maximum Gasteiger partial charge on any atom is 0.225 e. The van der Waals surface area contributed by atoms with Crippen molar-refractivity contribution in [3.05, 3.63) is 36.2 Å². The fourth-order valence-corrected chi connectivity index (χ4v) is 2.87. The molecule has 0 N–H and O–H groups in total. The number of anilines is 1. The van der Waals surface area contributed by atoms with E-state index in [1.54, 1.807) is 0 Å². The molecule has 2 aromatic rings. The van der Waals surface area contributed by atoms with Gasteiger partial charge in [0.05, 0.1) is 6.54 Å². The molecule has 5 heteroatoms. The lowest BCUT2D eigenvalue weighted by Gasteiger charge is -2.29. The second-order valence-corrected chi connectivity index (χ2v) is 6.20. The smallest absolute Gasteiger partial charge is 0.225 e. The third kappa shape index (κ3) is 3.46. The highest BCUT2D eigenvalue weighted by Gasteiger charge is 2.20. The van der Waals surface area contributed by atoms with Gasteiger partial charge in [-0.1, -0.05) is 19.3 Å². The van der Waals surface area contributed by atoms with E-state index in [0.717, 1.165) is 42.9 Å². The van der Waals surface area contributed by atoms with Crippen LogP contribution in [0.5, 0.6) is 0 Å². The Morgan fingerprint density at radius 3 is 2.64 bits per heavy atom. The molecule has 0 saturated heterocycles. The molecule has 22 heavy (non-hydrogen) atoms. The number of nitrogens with zero attached hydrogens (tertiary/aromatic N) is 5. The fraction of sp³-hybridized carbons (Fsp3) is 0.588. The van der Waals surface area contributed by atoms with E-state index >= 15 is 0 Å². The van der Waals surface area contributed by atoms with Gasteiger partial charge < -0.3 is 9.47 Å². The molecule has 1 aliphatic rings. The SMILES string of the molecule is CCn1ccnc1CN(CCC1CCC1)c1ncc(C)cn1. The summed E-state index contributed by atoms with van der Waals surface area (Å²) >= 11 is 0. The molecule has 0 bridgehead atoms. The van der Waals surface area contributed by atoms with Crippen LogP contribution in [0.25, 0.3) is 0 Å². The van der Waals surface area contributed by atoms with E-state index in [-0.39, 0.29) is 0 Å². The topological polar surface area (TPSA) is 46.8 Å². The summed E-state index contributed by atoms with van der Waals surface area (Å²) in [5, 5.41) is 0. The second kappa shape index (κ2) is 6.90. The minimum atomic E-state index is 0.774. The quantitative estimate of drug-likeness (QED) is 0.787. The van der Waals surface area contributed by atoms with Crippen LogP contribution < -0.4 is 4.90 Å². The van der Waals surface area contributed by atoms with Gasteiger partial charge in [-0.25, -0.2) is 15.0 Å². The van der Waals surface area contributed by atoms with Gasteiger partial charge in [0.2, 0.25) is 5.95 Å². The van der Waals surface area contributed by atoms with Gasteiger partial charge >= 0.3 is 0 Å². The zero-order valence-corrected chi connectivity index (χ0v) is 13.6. The van der Waals surface area contributed by atoms with Crippen LogP contribution in [0.1, 0.15) is 44.0 Å². The molecule has 0 aromatic carbocycles. The molecule has 3 rings (SSSR count). The summed E-state index contributed by atoms with van der Waals surface area (Å²) in [6.07, 6.45) is 13.1. The van der Waals surface area contributed by atoms with Crippen LogP contribution in [0, 0.1) is 12.8 Å². The Morgan fingerprint density at radius 2 is 2.00 bits per heavy atom. The number of imidazole rings is 1. The first-order valence-electron chi connectivity index (χ1n) is 8.30. The average molecular weight is 299 g/mol. The van der Waals surface area contributed by atoms with Gasteiger partial charge in [-0.3, -0.25) is 0 Å². The van der Waals surface area contributed by atoms with E-state index in [0.29, 0.717) is 0 Å². The fourth-order valence-electron chi connectivity index (χ4n) is 2.87. The van der Waals surface area contributed by atoms with Gasteiger partial charge in [0.1, 0.15) is 5.82 Å². The Morgan fingerprint density at radius 1 is 1.23 bits per heavy atom. The highest BCUT2D eigenvalue weighted by Crippen LogP contribution is 2.30. The van der Waals surface area contributed by atoms with Crippen molar-refractivity contribution in [3.63, 3.8) is 0 Å². The van der Waals surface area contributed by atoms with Crippen molar-refractivity contribution in [3.8, 4) is 0 Å². The summed E-state index contributed by atoms with van der Waals surface area (Å²) in [7, 11) is 0. The first kappa shape index (κ1) is 15.0. The minimum absolute atomic E-state index is 0.774. The van der Waals surface area contributed by atoms with Crippen LogP contribution in [-0.4, -0.2) is 26.1 Å². The van der Waals surface area contributed by atoms with Crippen LogP contribution >= 0.6 is 0 Å². The summed E-state index contributed by atoms with van der Waals surface area (Å²) in [5.41, 5.74) is 1.10. The Balaban J connectivity index is 1.73. The zero-order chi connectivity index (χ0) is 15.4. The van der Waals surface area contributed by atoms with Gasteiger partial charge in [-0.05, 0) is 31.7 Å². The normalized spacial score (nSPS) is 14.8. The average Bonchev–Trinajstić information content (AvgIpc) is 2.92. The summed E-state index contributed by atoms with van der Waals surface area (Å²) in [4.78, 5) is 15.8. The first-order valence-corrected chi connectivity index (χ1v) is 8.30. The van der Waals surface area contributed by atoms with E-state index < -0.39 is 0 Å². The van der Waals surface area contributed by atoms with E-state index in [2.05, 4.69) is 31.3 Å². The molecule has 0 spiro atoms. The Kier molecular flexibility index (Phi) is 4.71. The summed E-state index contributed by atoms with van der Waals surface area (Å²) in [5.74, 6) is 2.79. The Labute approximate surface area is 132 Å². The molecule has 0 unspecified atom stereocenters. The molecule has 1 aliphatic carbocycles. The van der Waals surface area contributed by atoms with Crippen molar-refractivity contribution in [2.75, 3.05) is 11.4 Å². The number of rotatable bonds is 7. The predicted octanol–water partition coefficient (Wildman–Crippen LogP) is 3.20. The largest absolute Gasteiger partial charge is 0.334 e. The van der Waals surface area contributed by atoms with Gasteiger partial charge in [-0.2, -0.15) is 0 Å². The molecule has 5 nitrogen and oxygen atoms in total. The first-order chi connectivity index (χ1) is 10.8. The molecule has 0 radical (unpaired) electrons. The lowest BCUT2D eigenvalue weighted by atomic mass is 9.83. The lowest BCUT2D eigenvalue weighted by molar-refractivity contribution is 0.297. The van der Waals surface area contributed by atoms with E-state index in [1.807, 2.05) is 31.7 Å². The van der Waals surface area contributed by atoms with Gasteiger partial charge in [0.15, 0.2) is 0 Å². The van der Waals surface area contributed by atoms with Gasteiger partial charge in [0, 0.05) is 37.9 Å². The minimum Gasteiger partial charge on any atom is -0.334 e. The van der Waals surface area contributed by atoms with Crippen LogP contribution in [-0.2, 0) is 13.1 Å². The molecule has 1 fully saturated rings. The van der Waals surface area contributed by atoms with Crippen LogP contribution in [0.2, 0.25) is 0 Å². The highest BCUT2D eigenvalue weighted by atomic mass is 15.3.